The second-order valence-corrected chi connectivity index (χ2v) is 4.69. The smallest absolute Gasteiger partial charge is 0.391 e. The number of hydrogen-bond acceptors (Lipinski definition) is 2. The van der Waals surface area contributed by atoms with E-state index in [0.29, 0.717) is 10.9 Å². The highest BCUT2D eigenvalue weighted by Gasteiger charge is 2.31. The van der Waals surface area contributed by atoms with Crippen LogP contribution in [0, 0.1) is 0 Å². The normalized spacial score (nSPS) is 15.7. The Labute approximate surface area is 106 Å². The average Bonchev–Trinajstić information content (AvgIpc) is 2.25. The van der Waals surface area contributed by atoms with Crippen molar-refractivity contribution in [3.8, 4) is 0 Å². The number of benzene rings is 1. The molecule has 0 spiro atoms. The second-order valence-electron chi connectivity index (χ2n) is 3.77. The van der Waals surface area contributed by atoms with Crippen molar-refractivity contribution in [1.82, 2.24) is 0 Å². The Kier molecular flexibility index (Phi) is 4.57. The molecule has 0 fully saturated rings. The van der Waals surface area contributed by atoms with E-state index in [1.165, 1.54) is 6.07 Å². The molecule has 0 heterocycles. The van der Waals surface area contributed by atoms with Crippen LogP contribution >= 0.6 is 15.9 Å². The minimum Gasteiger partial charge on any atom is -0.391 e. The molecule has 0 aliphatic heterocycles. The summed E-state index contributed by atoms with van der Waals surface area (Å²) in [5.41, 5.74) is 5.18. The molecule has 1 aromatic carbocycles. The zero-order chi connectivity index (χ0) is 13.2. The molecule has 0 aliphatic rings. The maximum absolute atomic E-state index is 12.6. The van der Waals surface area contributed by atoms with Crippen molar-refractivity contribution in [3.63, 3.8) is 0 Å². The summed E-state index contributed by atoms with van der Waals surface area (Å²) < 4.78 is 38.0. The van der Waals surface area contributed by atoms with Crippen molar-refractivity contribution in [3.05, 3.63) is 33.8 Å². The fourth-order valence-electron chi connectivity index (χ4n) is 1.44. The molecule has 96 valence electrons. The lowest BCUT2D eigenvalue weighted by molar-refractivity contribution is -0.137. The van der Waals surface area contributed by atoms with Gasteiger partial charge in [-0.3, -0.25) is 0 Å². The van der Waals surface area contributed by atoms with E-state index in [9.17, 15) is 18.3 Å². The van der Waals surface area contributed by atoms with Gasteiger partial charge in [0, 0.05) is 4.47 Å². The van der Waals surface area contributed by atoms with E-state index >= 15 is 0 Å². The van der Waals surface area contributed by atoms with Crippen LogP contribution in [0.15, 0.2) is 22.7 Å². The van der Waals surface area contributed by atoms with E-state index in [1.54, 1.807) is 6.92 Å². The Morgan fingerprint density at radius 3 is 2.41 bits per heavy atom. The van der Waals surface area contributed by atoms with Crippen LogP contribution in [0.4, 0.5) is 13.2 Å². The molecule has 0 aromatic heterocycles. The molecule has 1 aromatic rings. The van der Waals surface area contributed by atoms with Gasteiger partial charge in [0.15, 0.2) is 0 Å². The van der Waals surface area contributed by atoms with Gasteiger partial charge >= 0.3 is 6.18 Å². The second kappa shape index (κ2) is 5.37. The molecule has 3 N–H and O–H groups in total. The summed E-state index contributed by atoms with van der Waals surface area (Å²) in [5, 5.41) is 9.54. The van der Waals surface area contributed by atoms with Gasteiger partial charge in [-0.05, 0) is 30.2 Å². The number of aliphatic hydroxyl groups excluding tert-OH is 1. The predicted molar refractivity (Wildman–Crippen MR) is 62.4 cm³/mol. The summed E-state index contributed by atoms with van der Waals surface area (Å²) in [4.78, 5) is 0. The molecule has 6 heteroatoms. The fraction of sp³-hybridized carbons (Fsp3) is 0.455. The number of hydrogen-bond donors (Lipinski definition) is 2. The highest BCUT2D eigenvalue weighted by molar-refractivity contribution is 9.10. The number of aliphatic hydroxyl groups is 1. The van der Waals surface area contributed by atoms with Crippen LogP contribution in [-0.2, 0) is 6.18 Å². The minimum atomic E-state index is -4.42. The Morgan fingerprint density at radius 2 is 1.94 bits per heavy atom. The van der Waals surface area contributed by atoms with Gasteiger partial charge in [0.1, 0.15) is 0 Å². The quantitative estimate of drug-likeness (QED) is 0.900. The van der Waals surface area contributed by atoms with Crippen LogP contribution in [0.2, 0.25) is 0 Å². The molecule has 0 amide bonds. The Bertz CT molecular complexity index is 395. The first kappa shape index (κ1) is 14.5. The molecular weight excluding hydrogens is 299 g/mol. The molecule has 1 rings (SSSR count). The molecule has 17 heavy (non-hydrogen) atoms. The maximum Gasteiger partial charge on any atom is 0.416 e. The third kappa shape index (κ3) is 3.69. The van der Waals surface area contributed by atoms with Crippen LogP contribution in [0.5, 0.6) is 0 Å². The summed E-state index contributed by atoms with van der Waals surface area (Å²) in [6.45, 7) is 1.72. The van der Waals surface area contributed by atoms with Gasteiger partial charge in [-0.1, -0.05) is 22.9 Å². The fourth-order valence-corrected chi connectivity index (χ4v) is 1.96. The van der Waals surface area contributed by atoms with Gasteiger partial charge < -0.3 is 10.8 Å². The highest BCUT2D eigenvalue weighted by atomic mass is 79.9. The van der Waals surface area contributed by atoms with Gasteiger partial charge in [-0.25, -0.2) is 0 Å². The standard InChI is InChI=1S/C11H13BrF3NO/c1-2-9(17)10(16)6-3-7(11(13,14)15)5-8(12)4-6/h3-5,9-10,17H,2,16H2,1H3/t9-,10+/m0/s1. The predicted octanol–water partition coefficient (Wildman–Crippen LogP) is 3.24. The lowest BCUT2D eigenvalue weighted by Crippen LogP contribution is -2.25. The Balaban J connectivity index is 3.14. The molecule has 0 radical (unpaired) electrons. The molecule has 2 atom stereocenters. The van der Waals surface area contributed by atoms with Gasteiger partial charge in [0.25, 0.3) is 0 Å². The Morgan fingerprint density at radius 1 is 1.35 bits per heavy atom. The number of rotatable bonds is 3. The van der Waals surface area contributed by atoms with E-state index < -0.39 is 23.9 Å². The summed E-state index contributed by atoms with van der Waals surface area (Å²) in [5.74, 6) is 0. The van der Waals surface area contributed by atoms with Gasteiger partial charge in [-0.2, -0.15) is 13.2 Å². The Hall–Kier alpha value is -0.590. The van der Waals surface area contributed by atoms with Crippen LogP contribution in [0.1, 0.15) is 30.5 Å². The summed E-state index contributed by atoms with van der Waals surface area (Å²) in [7, 11) is 0. The van der Waals surface area contributed by atoms with E-state index in [-0.39, 0.29) is 5.56 Å². The third-order valence-corrected chi connectivity index (χ3v) is 2.92. The van der Waals surface area contributed by atoms with Crippen LogP contribution in [0.3, 0.4) is 0 Å². The summed E-state index contributed by atoms with van der Waals surface area (Å²) in [6.07, 6.45) is -4.89. The maximum atomic E-state index is 12.6. The average molecular weight is 312 g/mol. The molecule has 0 bridgehead atoms. The molecule has 0 unspecified atom stereocenters. The van der Waals surface area contributed by atoms with Crippen molar-refractivity contribution in [1.29, 1.82) is 0 Å². The minimum absolute atomic E-state index is 0.265. The lowest BCUT2D eigenvalue weighted by Gasteiger charge is -2.19. The molecule has 0 aliphatic carbocycles. The van der Waals surface area contributed by atoms with E-state index in [0.717, 1.165) is 12.1 Å². The van der Waals surface area contributed by atoms with E-state index in [1.807, 2.05) is 0 Å². The van der Waals surface area contributed by atoms with Gasteiger partial charge in [-0.15, -0.1) is 0 Å². The first-order valence-corrected chi connectivity index (χ1v) is 5.86. The first-order valence-electron chi connectivity index (χ1n) is 5.07. The third-order valence-electron chi connectivity index (χ3n) is 2.47. The van der Waals surface area contributed by atoms with Gasteiger partial charge in [0.2, 0.25) is 0 Å². The molecule has 0 saturated carbocycles. The van der Waals surface area contributed by atoms with E-state index in [2.05, 4.69) is 15.9 Å². The van der Waals surface area contributed by atoms with Gasteiger partial charge in [0.05, 0.1) is 17.7 Å². The topological polar surface area (TPSA) is 46.2 Å². The number of nitrogens with two attached hydrogens (primary N) is 1. The molecule has 2 nitrogen and oxygen atoms in total. The van der Waals surface area contributed by atoms with Crippen molar-refractivity contribution in [2.75, 3.05) is 0 Å². The number of halogens is 4. The van der Waals surface area contributed by atoms with Crippen molar-refractivity contribution in [2.24, 2.45) is 5.73 Å². The SMILES string of the molecule is CC[C@H](O)[C@H](N)c1cc(Br)cc(C(F)(F)F)c1. The lowest BCUT2D eigenvalue weighted by atomic mass is 9.99. The van der Waals surface area contributed by atoms with Crippen LogP contribution < -0.4 is 5.73 Å². The van der Waals surface area contributed by atoms with Crippen LogP contribution in [0.25, 0.3) is 0 Å². The van der Waals surface area contributed by atoms with E-state index in [4.69, 9.17) is 5.73 Å². The summed E-state index contributed by atoms with van der Waals surface area (Å²) >= 11 is 3.01. The highest BCUT2D eigenvalue weighted by Crippen LogP contribution is 2.33. The summed E-state index contributed by atoms with van der Waals surface area (Å²) in [6, 6.07) is 2.61. The largest absolute Gasteiger partial charge is 0.416 e. The monoisotopic (exact) mass is 311 g/mol. The molecule has 0 saturated heterocycles. The van der Waals surface area contributed by atoms with Crippen LogP contribution in [-0.4, -0.2) is 11.2 Å². The van der Waals surface area contributed by atoms with Crippen molar-refractivity contribution in [2.45, 2.75) is 31.7 Å². The van der Waals surface area contributed by atoms with Crippen molar-refractivity contribution >= 4 is 15.9 Å². The zero-order valence-corrected chi connectivity index (χ0v) is 10.7. The molecular formula is C11H13BrF3NO. The number of alkyl halides is 3. The zero-order valence-electron chi connectivity index (χ0n) is 9.13. The van der Waals surface area contributed by atoms with Crippen molar-refractivity contribution < 1.29 is 18.3 Å². The first-order chi connectivity index (χ1) is 7.75.